The molecule has 0 aliphatic carbocycles. The van der Waals surface area contributed by atoms with Crippen molar-refractivity contribution >= 4 is 0 Å². The molecule has 2 N–H and O–H groups in total. The molecule has 0 aromatic heterocycles. The second-order valence-electron chi connectivity index (χ2n) is 0.789. The van der Waals surface area contributed by atoms with Crippen LogP contribution in [-0.2, 0) is 4.74 Å². The molecule has 0 spiro atoms. The molecule has 7 heavy (non-hydrogen) atoms. The fourth-order valence-corrected chi connectivity index (χ4v) is 0.136. The van der Waals surface area contributed by atoms with Gasteiger partial charge in [0, 0.05) is 0 Å². The summed E-state index contributed by atoms with van der Waals surface area (Å²) in [4.78, 5) is 0. The lowest BCUT2D eigenvalue weighted by Gasteiger charge is -1.86. The van der Waals surface area contributed by atoms with Crippen LogP contribution >= 0.6 is 0 Å². The quantitative estimate of drug-likeness (QED) is 0.291. The van der Waals surface area contributed by atoms with Crippen LogP contribution in [0.15, 0.2) is 25.5 Å². The maximum Gasteiger partial charge on any atom is 0.105 e. The summed E-state index contributed by atoms with van der Waals surface area (Å²) in [6.45, 7) is 7.31. The zero-order valence-corrected chi connectivity index (χ0v) is 4.18. The van der Waals surface area contributed by atoms with E-state index in [9.17, 15) is 0 Å². The van der Waals surface area contributed by atoms with E-state index in [1.54, 1.807) is 6.08 Å². The molecule has 0 aliphatic rings. The zero-order chi connectivity index (χ0) is 4.83. The third-order valence-corrected chi connectivity index (χ3v) is 0.332. The highest BCUT2D eigenvalue weighted by molar-refractivity contribution is 4.65. The van der Waals surface area contributed by atoms with Gasteiger partial charge in [0.15, 0.2) is 0 Å². The van der Waals surface area contributed by atoms with Crippen molar-refractivity contribution in [1.82, 2.24) is 0 Å². The third-order valence-electron chi connectivity index (χ3n) is 0.332. The standard InChI is InChI=1S/C5H8O.H2O/c1-3-5-6-4-2;/h3-4H,1-2,5H2;1H2. The summed E-state index contributed by atoms with van der Waals surface area (Å²) in [5.74, 6) is 0. The van der Waals surface area contributed by atoms with Crippen molar-refractivity contribution in [2.45, 2.75) is 0 Å². The number of hydrogen-bond acceptors (Lipinski definition) is 1. The first kappa shape index (κ1) is 9.53. The van der Waals surface area contributed by atoms with E-state index >= 15 is 0 Å². The molecular weight excluding hydrogens is 92.1 g/mol. The number of hydrogen-bond donors (Lipinski definition) is 0. The van der Waals surface area contributed by atoms with Gasteiger partial charge >= 0.3 is 0 Å². The zero-order valence-electron chi connectivity index (χ0n) is 4.18. The smallest absolute Gasteiger partial charge is 0.105 e. The molecule has 0 saturated heterocycles. The lowest BCUT2D eigenvalue weighted by molar-refractivity contribution is 0.291. The van der Waals surface area contributed by atoms with Gasteiger partial charge in [0.05, 0.1) is 6.26 Å². The Kier molecular flexibility index (Phi) is 12.2. The molecule has 0 rings (SSSR count). The van der Waals surface area contributed by atoms with Gasteiger partial charge < -0.3 is 10.2 Å². The Labute approximate surface area is 43.4 Å². The van der Waals surface area contributed by atoms with Crippen LogP contribution in [0.25, 0.3) is 0 Å². The van der Waals surface area contributed by atoms with Crippen LogP contribution in [0.3, 0.4) is 0 Å². The summed E-state index contributed by atoms with van der Waals surface area (Å²) in [5, 5.41) is 0. The van der Waals surface area contributed by atoms with Crippen LogP contribution in [0, 0.1) is 0 Å². The van der Waals surface area contributed by atoms with Crippen molar-refractivity contribution in [2.24, 2.45) is 0 Å². The van der Waals surface area contributed by atoms with Gasteiger partial charge in [0.25, 0.3) is 0 Å². The highest BCUT2D eigenvalue weighted by Crippen LogP contribution is 1.69. The normalized spacial score (nSPS) is 5.71. The Balaban J connectivity index is 0. The molecule has 2 heteroatoms. The molecule has 0 aromatic rings. The maximum atomic E-state index is 4.63. The fourth-order valence-electron chi connectivity index (χ4n) is 0.136. The third kappa shape index (κ3) is 11.0. The minimum atomic E-state index is 0. The average molecular weight is 102 g/mol. The summed E-state index contributed by atoms with van der Waals surface area (Å²) in [6, 6.07) is 0. The van der Waals surface area contributed by atoms with Crippen molar-refractivity contribution in [3.05, 3.63) is 25.5 Å². The van der Waals surface area contributed by atoms with Crippen molar-refractivity contribution in [2.75, 3.05) is 6.61 Å². The topological polar surface area (TPSA) is 40.7 Å². The van der Waals surface area contributed by atoms with E-state index in [4.69, 9.17) is 0 Å². The Hall–Kier alpha value is -0.760. The Bertz CT molecular complexity index is 42.0. The van der Waals surface area contributed by atoms with Gasteiger partial charge in [-0.15, -0.1) is 0 Å². The van der Waals surface area contributed by atoms with Gasteiger partial charge in [-0.1, -0.05) is 19.2 Å². The molecule has 42 valence electrons. The highest BCUT2D eigenvalue weighted by Gasteiger charge is 1.61. The van der Waals surface area contributed by atoms with E-state index in [1.807, 2.05) is 0 Å². The van der Waals surface area contributed by atoms with E-state index < -0.39 is 0 Å². The SMILES string of the molecule is C=CCOC=C.O. The molecule has 0 aliphatic heterocycles. The molecule has 0 aromatic carbocycles. The van der Waals surface area contributed by atoms with Gasteiger partial charge in [0.2, 0.25) is 0 Å². The van der Waals surface area contributed by atoms with E-state index in [-0.39, 0.29) is 5.48 Å². The van der Waals surface area contributed by atoms with Crippen LogP contribution in [0.5, 0.6) is 0 Å². The van der Waals surface area contributed by atoms with E-state index in [0.29, 0.717) is 6.61 Å². The van der Waals surface area contributed by atoms with E-state index in [2.05, 4.69) is 17.9 Å². The first-order valence-electron chi connectivity index (χ1n) is 1.75. The van der Waals surface area contributed by atoms with E-state index in [1.165, 1.54) is 6.26 Å². The summed E-state index contributed by atoms with van der Waals surface area (Å²) in [7, 11) is 0. The molecule has 2 nitrogen and oxygen atoms in total. The summed E-state index contributed by atoms with van der Waals surface area (Å²) in [5.41, 5.74) is 0. The highest BCUT2D eigenvalue weighted by atomic mass is 16.5. The molecule has 0 radical (unpaired) electrons. The second kappa shape index (κ2) is 8.97. The molecule has 0 bridgehead atoms. The number of rotatable bonds is 3. The van der Waals surface area contributed by atoms with Crippen molar-refractivity contribution in [3.63, 3.8) is 0 Å². The lowest BCUT2D eigenvalue weighted by Crippen LogP contribution is -1.75. The largest absolute Gasteiger partial charge is 0.498 e. The van der Waals surface area contributed by atoms with Crippen LogP contribution < -0.4 is 0 Å². The summed E-state index contributed by atoms with van der Waals surface area (Å²) >= 11 is 0. The monoisotopic (exact) mass is 102 g/mol. The lowest BCUT2D eigenvalue weighted by atomic mass is 10.7. The van der Waals surface area contributed by atoms with Gasteiger partial charge in [0.1, 0.15) is 6.61 Å². The average Bonchev–Trinajstić information content (AvgIpc) is 1.61. The van der Waals surface area contributed by atoms with Crippen LogP contribution in [0.4, 0.5) is 0 Å². The molecule has 0 fully saturated rings. The predicted octanol–water partition coefficient (Wildman–Crippen LogP) is 0.508. The molecule has 0 heterocycles. The Morgan fingerprint density at radius 1 is 1.43 bits per heavy atom. The van der Waals surface area contributed by atoms with Crippen molar-refractivity contribution < 1.29 is 10.2 Å². The Morgan fingerprint density at radius 3 is 2.14 bits per heavy atom. The van der Waals surface area contributed by atoms with Crippen molar-refractivity contribution in [1.29, 1.82) is 0 Å². The van der Waals surface area contributed by atoms with Gasteiger partial charge in [-0.05, 0) is 0 Å². The van der Waals surface area contributed by atoms with Crippen LogP contribution in [0.2, 0.25) is 0 Å². The molecule has 0 atom stereocenters. The van der Waals surface area contributed by atoms with Crippen LogP contribution in [0.1, 0.15) is 0 Å². The van der Waals surface area contributed by atoms with Crippen LogP contribution in [-0.4, -0.2) is 12.1 Å². The first-order valence-corrected chi connectivity index (χ1v) is 1.75. The minimum Gasteiger partial charge on any atom is -0.498 e. The first-order chi connectivity index (χ1) is 2.91. The second-order valence-corrected chi connectivity index (χ2v) is 0.789. The maximum absolute atomic E-state index is 4.63. The molecule has 0 saturated carbocycles. The van der Waals surface area contributed by atoms with E-state index in [0.717, 1.165) is 0 Å². The molecular formula is C5H10O2. The predicted molar refractivity (Wildman–Crippen MR) is 30.0 cm³/mol. The van der Waals surface area contributed by atoms with Gasteiger partial charge in [-0.2, -0.15) is 0 Å². The molecule has 0 unspecified atom stereocenters. The molecule has 0 amide bonds. The Morgan fingerprint density at radius 2 is 2.00 bits per heavy atom. The summed E-state index contributed by atoms with van der Waals surface area (Å²) in [6.07, 6.45) is 3.06. The minimum absolute atomic E-state index is 0. The fraction of sp³-hybridized carbons (Fsp3) is 0.200. The van der Waals surface area contributed by atoms with Gasteiger partial charge in [-0.25, -0.2) is 0 Å². The summed E-state index contributed by atoms with van der Waals surface area (Å²) < 4.78 is 4.63. The van der Waals surface area contributed by atoms with Crippen molar-refractivity contribution in [3.8, 4) is 0 Å². The van der Waals surface area contributed by atoms with Gasteiger partial charge in [-0.3, -0.25) is 0 Å². The number of ether oxygens (including phenoxy) is 1.